The van der Waals surface area contributed by atoms with Crippen molar-refractivity contribution in [2.75, 3.05) is 11.9 Å². The number of amides is 1. The predicted octanol–water partition coefficient (Wildman–Crippen LogP) is 5.34. The molecule has 1 amide bonds. The van der Waals surface area contributed by atoms with Crippen molar-refractivity contribution in [1.82, 2.24) is 5.32 Å². The summed E-state index contributed by atoms with van der Waals surface area (Å²) in [5.74, 6) is 0.825. The van der Waals surface area contributed by atoms with Crippen LogP contribution in [0.5, 0.6) is 11.5 Å². The standard InChI is InChI=1S/C24H22F2N2O2.ClH/c25-18-3-1-16(2-4-18)13-17-14-23(27-15-17)24(29)28-20-7-11-22(12-8-20)30-21-9-5-19(26)6-10-21;/h1-12,17,23,27H,13-15H2,(H,28,29);1H/t17-,23+;/m1./s1. The van der Waals surface area contributed by atoms with Gasteiger partial charge in [-0.15, -0.1) is 12.4 Å². The Labute approximate surface area is 186 Å². The summed E-state index contributed by atoms with van der Waals surface area (Å²) >= 11 is 0. The largest absolute Gasteiger partial charge is 0.457 e. The van der Waals surface area contributed by atoms with Crippen molar-refractivity contribution in [2.45, 2.75) is 18.9 Å². The molecule has 0 unspecified atom stereocenters. The van der Waals surface area contributed by atoms with E-state index in [2.05, 4.69) is 10.6 Å². The minimum atomic E-state index is -0.319. The Bertz CT molecular complexity index is 996. The average molecular weight is 445 g/mol. The molecule has 0 aliphatic carbocycles. The molecule has 3 aromatic carbocycles. The number of rotatable bonds is 6. The number of ether oxygens (including phenoxy) is 1. The van der Waals surface area contributed by atoms with Crippen LogP contribution in [0.25, 0.3) is 0 Å². The van der Waals surface area contributed by atoms with Gasteiger partial charge in [0.1, 0.15) is 23.1 Å². The fourth-order valence-corrected chi connectivity index (χ4v) is 3.59. The molecule has 0 saturated carbocycles. The molecular formula is C24H23ClF2N2O2. The van der Waals surface area contributed by atoms with E-state index in [0.717, 1.165) is 24.9 Å². The van der Waals surface area contributed by atoms with Crippen LogP contribution in [0, 0.1) is 17.6 Å². The molecule has 1 aliphatic heterocycles. The Balaban J connectivity index is 0.00000272. The maximum Gasteiger partial charge on any atom is 0.241 e. The van der Waals surface area contributed by atoms with E-state index in [9.17, 15) is 13.6 Å². The van der Waals surface area contributed by atoms with Crippen LogP contribution in [0.2, 0.25) is 0 Å². The van der Waals surface area contributed by atoms with Gasteiger partial charge in [0.05, 0.1) is 6.04 Å². The third kappa shape index (κ3) is 6.26. The molecule has 7 heteroatoms. The van der Waals surface area contributed by atoms with Crippen LogP contribution in [-0.4, -0.2) is 18.5 Å². The van der Waals surface area contributed by atoms with Crippen LogP contribution >= 0.6 is 12.4 Å². The average Bonchev–Trinajstić information content (AvgIpc) is 3.22. The molecule has 0 aromatic heterocycles. The summed E-state index contributed by atoms with van der Waals surface area (Å²) in [5.41, 5.74) is 1.75. The number of anilines is 1. The Morgan fingerprint density at radius 1 is 0.903 bits per heavy atom. The lowest BCUT2D eigenvalue weighted by Crippen LogP contribution is -2.35. The van der Waals surface area contributed by atoms with Gasteiger partial charge >= 0.3 is 0 Å². The minimum Gasteiger partial charge on any atom is -0.457 e. The maximum atomic E-state index is 13.0. The first-order valence-electron chi connectivity index (χ1n) is 9.87. The van der Waals surface area contributed by atoms with E-state index in [0.29, 0.717) is 23.1 Å². The molecule has 1 aliphatic rings. The van der Waals surface area contributed by atoms with E-state index in [1.54, 1.807) is 48.5 Å². The highest BCUT2D eigenvalue weighted by atomic mass is 35.5. The van der Waals surface area contributed by atoms with E-state index < -0.39 is 0 Å². The first-order valence-corrected chi connectivity index (χ1v) is 9.87. The zero-order valence-electron chi connectivity index (χ0n) is 16.7. The number of halogens is 3. The summed E-state index contributed by atoms with van der Waals surface area (Å²) < 4.78 is 31.7. The second kappa shape index (κ2) is 10.4. The molecule has 4 rings (SSSR count). The Hall–Kier alpha value is -2.96. The van der Waals surface area contributed by atoms with Gasteiger partial charge in [-0.2, -0.15) is 0 Å². The smallest absolute Gasteiger partial charge is 0.241 e. The van der Waals surface area contributed by atoms with E-state index in [1.165, 1.54) is 24.3 Å². The predicted molar refractivity (Wildman–Crippen MR) is 119 cm³/mol. The topological polar surface area (TPSA) is 50.4 Å². The summed E-state index contributed by atoms with van der Waals surface area (Å²) in [5, 5.41) is 6.18. The van der Waals surface area contributed by atoms with Crippen molar-refractivity contribution < 1.29 is 18.3 Å². The number of hydrogen-bond donors (Lipinski definition) is 2. The van der Waals surface area contributed by atoms with Crippen molar-refractivity contribution in [2.24, 2.45) is 5.92 Å². The van der Waals surface area contributed by atoms with Crippen molar-refractivity contribution >= 4 is 24.0 Å². The molecule has 1 saturated heterocycles. The SMILES string of the molecule is Cl.O=C(Nc1ccc(Oc2ccc(F)cc2)cc1)[C@@H]1C[C@@H](Cc2ccc(F)cc2)CN1. The minimum absolute atomic E-state index is 0. The maximum absolute atomic E-state index is 13.0. The normalized spacial score (nSPS) is 17.6. The van der Waals surface area contributed by atoms with Crippen LogP contribution in [-0.2, 0) is 11.2 Å². The molecule has 162 valence electrons. The second-order valence-corrected chi connectivity index (χ2v) is 7.46. The first kappa shape index (κ1) is 22.7. The van der Waals surface area contributed by atoms with Gasteiger partial charge in [0.15, 0.2) is 0 Å². The third-order valence-corrected chi connectivity index (χ3v) is 5.15. The Kier molecular flexibility index (Phi) is 7.60. The van der Waals surface area contributed by atoms with Gasteiger partial charge in [-0.05, 0) is 91.5 Å². The van der Waals surface area contributed by atoms with E-state index >= 15 is 0 Å². The number of carbonyl (C=O) groups excluding carboxylic acids is 1. The molecule has 0 spiro atoms. The second-order valence-electron chi connectivity index (χ2n) is 7.46. The molecule has 4 nitrogen and oxygen atoms in total. The monoisotopic (exact) mass is 444 g/mol. The van der Waals surface area contributed by atoms with Gasteiger partial charge in [0.25, 0.3) is 0 Å². The summed E-state index contributed by atoms with van der Waals surface area (Å²) in [4.78, 5) is 12.6. The van der Waals surface area contributed by atoms with Crippen molar-refractivity contribution in [3.05, 3.63) is 90.0 Å². The van der Waals surface area contributed by atoms with E-state index in [4.69, 9.17) is 4.74 Å². The lowest BCUT2D eigenvalue weighted by molar-refractivity contribution is -0.117. The van der Waals surface area contributed by atoms with Crippen LogP contribution in [0.15, 0.2) is 72.8 Å². The summed E-state index contributed by atoms with van der Waals surface area (Å²) in [6.45, 7) is 0.750. The number of hydrogen-bond acceptors (Lipinski definition) is 3. The molecule has 31 heavy (non-hydrogen) atoms. The first-order chi connectivity index (χ1) is 14.5. The molecule has 3 aromatic rings. The zero-order valence-corrected chi connectivity index (χ0v) is 17.5. The van der Waals surface area contributed by atoms with Crippen LogP contribution in [0.1, 0.15) is 12.0 Å². The van der Waals surface area contributed by atoms with Crippen molar-refractivity contribution in [3.63, 3.8) is 0 Å². The quantitative estimate of drug-likeness (QED) is 0.539. The highest BCUT2D eigenvalue weighted by Gasteiger charge is 2.29. The molecule has 1 heterocycles. The molecule has 2 N–H and O–H groups in total. The molecule has 1 fully saturated rings. The zero-order chi connectivity index (χ0) is 20.9. The Morgan fingerprint density at radius 3 is 2.06 bits per heavy atom. The van der Waals surface area contributed by atoms with Crippen molar-refractivity contribution in [1.29, 1.82) is 0 Å². The Morgan fingerprint density at radius 2 is 1.45 bits per heavy atom. The van der Waals surface area contributed by atoms with Crippen molar-refractivity contribution in [3.8, 4) is 11.5 Å². The summed E-state index contributed by atoms with van der Waals surface area (Å²) in [6.07, 6.45) is 1.54. The van der Waals surface area contributed by atoms with Gasteiger partial charge in [-0.1, -0.05) is 12.1 Å². The highest BCUT2D eigenvalue weighted by molar-refractivity contribution is 5.95. The van der Waals surface area contributed by atoms with Crippen LogP contribution in [0.3, 0.4) is 0 Å². The molecule has 2 atom stereocenters. The van der Waals surface area contributed by atoms with Crippen LogP contribution in [0.4, 0.5) is 14.5 Å². The van der Waals surface area contributed by atoms with Gasteiger partial charge in [-0.25, -0.2) is 8.78 Å². The lowest BCUT2D eigenvalue weighted by atomic mass is 9.96. The number of benzene rings is 3. The fraction of sp³-hybridized carbons (Fsp3) is 0.208. The summed E-state index contributed by atoms with van der Waals surface area (Å²) in [7, 11) is 0. The number of nitrogens with one attached hydrogen (secondary N) is 2. The van der Waals surface area contributed by atoms with E-state index in [-0.39, 0.29) is 36.0 Å². The van der Waals surface area contributed by atoms with Gasteiger partial charge in [0, 0.05) is 5.69 Å². The van der Waals surface area contributed by atoms with Gasteiger partial charge < -0.3 is 15.4 Å². The number of carbonyl (C=O) groups is 1. The lowest BCUT2D eigenvalue weighted by Gasteiger charge is -2.12. The third-order valence-electron chi connectivity index (χ3n) is 5.15. The highest BCUT2D eigenvalue weighted by Crippen LogP contribution is 2.24. The van der Waals surface area contributed by atoms with Gasteiger partial charge in [0.2, 0.25) is 5.91 Å². The summed E-state index contributed by atoms with van der Waals surface area (Å²) in [6, 6.07) is 19.1. The van der Waals surface area contributed by atoms with E-state index in [1.807, 2.05) is 0 Å². The molecule has 0 bridgehead atoms. The fourth-order valence-electron chi connectivity index (χ4n) is 3.59. The van der Waals surface area contributed by atoms with Crippen LogP contribution < -0.4 is 15.4 Å². The molecular weight excluding hydrogens is 422 g/mol. The van der Waals surface area contributed by atoms with Gasteiger partial charge in [-0.3, -0.25) is 4.79 Å². The molecule has 0 radical (unpaired) electrons.